The van der Waals surface area contributed by atoms with Crippen molar-refractivity contribution in [1.82, 2.24) is 10.3 Å². The summed E-state index contributed by atoms with van der Waals surface area (Å²) in [5, 5.41) is 4.83. The lowest BCUT2D eigenvalue weighted by Crippen LogP contribution is -2.26. The van der Waals surface area contributed by atoms with Crippen molar-refractivity contribution in [3.63, 3.8) is 0 Å². The van der Waals surface area contributed by atoms with E-state index in [-0.39, 0.29) is 5.91 Å². The molecule has 1 amide bonds. The Bertz CT molecular complexity index is 1170. The number of amides is 1. The second-order valence-electron chi connectivity index (χ2n) is 6.79. The summed E-state index contributed by atoms with van der Waals surface area (Å²) < 4.78 is 5.31. The average Bonchev–Trinajstić information content (AvgIpc) is 3.15. The predicted molar refractivity (Wildman–Crippen MR) is 118 cm³/mol. The number of carbonyl (C=O) groups is 1. The van der Waals surface area contributed by atoms with Gasteiger partial charge in [0.15, 0.2) is 0 Å². The second-order valence-corrected chi connectivity index (χ2v) is 7.22. The van der Waals surface area contributed by atoms with Crippen LogP contribution >= 0.6 is 11.6 Å². The lowest BCUT2D eigenvalue weighted by Gasteiger charge is -2.11. The maximum absolute atomic E-state index is 12.9. The fraction of sp³-hybridized carbons (Fsp3) is 0.125. The van der Waals surface area contributed by atoms with Gasteiger partial charge in [-0.2, -0.15) is 0 Å². The lowest BCUT2D eigenvalue weighted by atomic mass is 9.99. The molecule has 0 unspecified atom stereocenters. The van der Waals surface area contributed by atoms with E-state index in [1.165, 1.54) is 0 Å². The summed E-state index contributed by atoms with van der Waals surface area (Å²) in [4.78, 5) is 16.1. The largest absolute Gasteiger partial charge is 0.497 e. The summed E-state index contributed by atoms with van der Waals surface area (Å²) >= 11 is 6.12. The van der Waals surface area contributed by atoms with E-state index in [4.69, 9.17) is 16.3 Å². The highest BCUT2D eigenvalue weighted by molar-refractivity contribution is 6.31. The molecule has 0 aliphatic carbocycles. The molecule has 0 saturated heterocycles. The Morgan fingerprint density at radius 3 is 2.79 bits per heavy atom. The summed E-state index contributed by atoms with van der Waals surface area (Å²) in [6.45, 7) is 0.532. The van der Waals surface area contributed by atoms with Crippen LogP contribution in [0.25, 0.3) is 22.0 Å². The molecule has 0 spiro atoms. The van der Waals surface area contributed by atoms with Gasteiger partial charge in [-0.1, -0.05) is 41.9 Å². The Morgan fingerprint density at radius 2 is 1.93 bits per heavy atom. The van der Waals surface area contributed by atoms with E-state index in [9.17, 15) is 4.79 Å². The van der Waals surface area contributed by atoms with Crippen LogP contribution in [0.5, 0.6) is 5.75 Å². The molecule has 1 aromatic heterocycles. The molecule has 1 heterocycles. The molecule has 29 heavy (non-hydrogen) atoms. The van der Waals surface area contributed by atoms with Crippen LogP contribution in [0.4, 0.5) is 0 Å². The minimum Gasteiger partial charge on any atom is -0.497 e. The normalized spacial score (nSPS) is 10.8. The Hall–Kier alpha value is -3.24. The number of hydrogen-bond acceptors (Lipinski definition) is 2. The molecule has 146 valence electrons. The quantitative estimate of drug-likeness (QED) is 0.447. The minimum atomic E-state index is -0.0960. The zero-order valence-corrected chi connectivity index (χ0v) is 16.8. The smallest absolute Gasteiger partial charge is 0.251 e. The molecule has 5 heteroatoms. The first-order valence-electron chi connectivity index (χ1n) is 9.43. The van der Waals surface area contributed by atoms with Crippen molar-refractivity contribution in [2.45, 2.75) is 6.42 Å². The first-order chi connectivity index (χ1) is 14.2. The van der Waals surface area contributed by atoms with Crippen molar-refractivity contribution in [2.24, 2.45) is 0 Å². The van der Waals surface area contributed by atoms with Gasteiger partial charge in [0.2, 0.25) is 0 Å². The number of hydrogen-bond donors (Lipinski definition) is 2. The van der Waals surface area contributed by atoms with Crippen molar-refractivity contribution < 1.29 is 9.53 Å². The molecule has 0 fully saturated rings. The van der Waals surface area contributed by atoms with E-state index < -0.39 is 0 Å². The molecular formula is C24H21ClN2O2. The molecule has 0 aliphatic rings. The number of nitrogens with one attached hydrogen (secondary N) is 2. The number of rotatable bonds is 6. The van der Waals surface area contributed by atoms with Crippen LogP contribution in [0.3, 0.4) is 0 Å². The van der Waals surface area contributed by atoms with Crippen LogP contribution in [0, 0.1) is 0 Å². The van der Waals surface area contributed by atoms with Gasteiger partial charge in [-0.3, -0.25) is 4.79 Å². The zero-order valence-electron chi connectivity index (χ0n) is 16.0. The molecule has 0 saturated carbocycles. The number of ether oxygens (including phenoxy) is 1. The van der Waals surface area contributed by atoms with Gasteiger partial charge in [-0.05, 0) is 59.5 Å². The van der Waals surface area contributed by atoms with E-state index >= 15 is 0 Å². The first-order valence-corrected chi connectivity index (χ1v) is 9.80. The van der Waals surface area contributed by atoms with Crippen LogP contribution in [0.2, 0.25) is 5.02 Å². The lowest BCUT2D eigenvalue weighted by molar-refractivity contribution is 0.0955. The Kier molecular flexibility index (Phi) is 5.54. The molecule has 4 rings (SSSR count). The standard InChI is InChI=1S/C24H21ClN2O2/c1-29-19-6-4-5-16(13-19)20-7-2-3-8-21(20)24(28)26-12-11-17-15-27-23-10-9-18(25)14-22(17)23/h2-10,13-15,27H,11-12H2,1H3,(H,26,28). The van der Waals surface area contributed by atoms with Gasteiger partial charge in [0.1, 0.15) is 5.75 Å². The monoisotopic (exact) mass is 404 g/mol. The summed E-state index contributed by atoms with van der Waals surface area (Å²) in [6, 6.07) is 21.1. The highest BCUT2D eigenvalue weighted by Crippen LogP contribution is 2.27. The maximum atomic E-state index is 12.9. The third-order valence-corrected chi connectivity index (χ3v) is 5.20. The number of H-pyrrole nitrogens is 1. The zero-order chi connectivity index (χ0) is 20.2. The number of fused-ring (bicyclic) bond motifs is 1. The summed E-state index contributed by atoms with van der Waals surface area (Å²) in [7, 11) is 1.63. The summed E-state index contributed by atoms with van der Waals surface area (Å²) in [5.41, 5.74) is 4.63. The van der Waals surface area contributed by atoms with Crippen molar-refractivity contribution in [3.05, 3.63) is 89.1 Å². The van der Waals surface area contributed by atoms with E-state index in [1.807, 2.05) is 72.9 Å². The van der Waals surface area contributed by atoms with Crippen molar-refractivity contribution in [2.75, 3.05) is 13.7 Å². The van der Waals surface area contributed by atoms with Gasteiger partial charge in [-0.25, -0.2) is 0 Å². The summed E-state index contributed by atoms with van der Waals surface area (Å²) in [5.74, 6) is 0.664. The molecule has 0 atom stereocenters. The third kappa shape index (κ3) is 4.13. The fourth-order valence-electron chi connectivity index (χ4n) is 3.49. The van der Waals surface area contributed by atoms with Crippen LogP contribution in [-0.4, -0.2) is 24.5 Å². The fourth-order valence-corrected chi connectivity index (χ4v) is 3.66. The highest BCUT2D eigenvalue weighted by Gasteiger charge is 2.13. The van der Waals surface area contributed by atoms with E-state index in [2.05, 4.69) is 10.3 Å². The Labute approximate surface area is 174 Å². The molecule has 0 radical (unpaired) electrons. The Balaban J connectivity index is 1.49. The van der Waals surface area contributed by atoms with Gasteiger partial charge >= 0.3 is 0 Å². The topological polar surface area (TPSA) is 54.1 Å². The maximum Gasteiger partial charge on any atom is 0.251 e. The minimum absolute atomic E-state index is 0.0960. The SMILES string of the molecule is COc1cccc(-c2ccccc2C(=O)NCCc2c[nH]c3ccc(Cl)cc23)c1. The van der Waals surface area contributed by atoms with Crippen LogP contribution < -0.4 is 10.1 Å². The molecule has 0 aliphatic heterocycles. The van der Waals surface area contributed by atoms with Gasteiger partial charge < -0.3 is 15.0 Å². The van der Waals surface area contributed by atoms with Crippen molar-refractivity contribution in [1.29, 1.82) is 0 Å². The molecule has 4 nitrogen and oxygen atoms in total. The van der Waals surface area contributed by atoms with Crippen LogP contribution in [0.1, 0.15) is 15.9 Å². The van der Waals surface area contributed by atoms with Crippen molar-refractivity contribution in [3.8, 4) is 16.9 Å². The van der Waals surface area contributed by atoms with Gasteiger partial charge in [0.05, 0.1) is 7.11 Å². The van der Waals surface area contributed by atoms with Crippen molar-refractivity contribution >= 4 is 28.4 Å². The van der Waals surface area contributed by atoms with E-state index in [0.717, 1.165) is 33.3 Å². The number of methoxy groups -OCH3 is 1. The van der Waals surface area contributed by atoms with Gasteiger partial charge in [-0.15, -0.1) is 0 Å². The number of halogens is 1. The first kappa shape index (κ1) is 19.1. The van der Waals surface area contributed by atoms with Gasteiger partial charge in [0, 0.05) is 34.2 Å². The summed E-state index contributed by atoms with van der Waals surface area (Å²) in [6.07, 6.45) is 2.69. The van der Waals surface area contributed by atoms with Crippen LogP contribution in [0.15, 0.2) is 72.9 Å². The Morgan fingerprint density at radius 1 is 1.07 bits per heavy atom. The third-order valence-electron chi connectivity index (χ3n) is 4.96. The number of aromatic nitrogens is 1. The van der Waals surface area contributed by atoms with Gasteiger partial charge in [0.25, 0.3) is 5.91 Å². The molecule has 3 aromatic carbocycles. The van der Waals surface area contributed by atoms with Crippen LogP contribution in [-0.2, 0) is 6.42 Å². The van der Waals surface area contributed by atoms with E-state index in [0.29, 0.717) is 23.6 Å². The molecule has 4 aromatic rings. The number of aromatic amines is 1. The number of benzene rings is 3. The molecule has 0 bridgehead atoms. The predicted octanol–water partition coefficient (Wildman–Crippen LogP) is 5.47. The average molecular weight is 405 g/mol. The molecule has 2 N–H and O–H groups in total. The number of carbonyl (C=O) groups excluding carboxylic acids is 1. The highest BCUT2D eigenvalue weighted by atomic mass is 35.5. The molecular weight excluding hydrogens is 384 g/mol. The van der Waals surface area contributed by atoms with E-state index in [1.54, 1.807) is 7.11 Å². The second kappa shape index (κ2) is 8.41.